The van der Waals surface area contributed by atoms with Crippen LogP contribution >= 0.6 is 0 Å². The average Bonchev–Trinajstić information content (AvgIpc) is 2.69. The summed E-state index contributed by atoms with van der Waals surface area (Å²) in [6, 6.07) is 13.4. The lowest BCUT2D eigenvalue weighted by atomic mass is 10.1. The number of carbonyl (C=O) groups excluding carboxylic acids is 1. The molecular formula is C21H19FN2O3S. The van der Waals surface area contributed by atoms with Gasteiger partial charge in [0.1, 0.15) is 5.82 Å². The van der Waals surface area contributed by atoms with Crippen molar-refractivity contribution in [1.29, 1.82) is 0 Å². The molecule has 0 unspecified atom stereocenters. The molecule has 5 nitrogen and oxygen atoms in total. The summed E-state index contributed by atoms with van der Waals surface area (Å²) in [6.45, 7) is 3.97. The number of nitrogens with zero attached hydrogens (tertiary/aromatic N) is 1. The number of rotatable bonds is 5. The minimum Gasteiger partial charge on any atom is -0.348 e. The molecule has 0 spiro atoms. The minimum absolute atomic E-state index is 0.120. The fourth-order valence-electron chi connectivity index (χ4n) is 2.56. The summed E-state index contributed by atoms with van der Waals surface area (Å²) in [7, 11) is -3.76. The van der Waals surface area contributed by atoms with E-state index in [1.807, 2.05) is 13.8 Å². The van der Waals surface area contributed by atoms with Crippen molar-refractivity contribution in [3.05, 3.63) is 88.9 Å². The first-order valence-electron chi connectivity index (χ1n) is 8.58. The van der Waals surface area contributed by atoms with E-state index in [2.05, 4.69) is 10.3 Å². The molecule has 1 N–H and O–H groups in total. The van der Waals surface area contributed by atoms with Gasteiger partial charge in [-0.25, -0.2) is 17.8 Å². The van der Waals surface area contributed by atoms with Gasteiger partial charge >= 0.3 is 0 Å². The number of sulfone groups is 1. The van der Waals surface area contributed by atoms with Crippen molar-refractivity contribution in [3.8, 4) is 0 Å². The highest BCUT2D eigenvalue weighted by atomic mass is 32.2. The van der Waals surface area contributed by atoms with Crippen LogP contribution in [0.4, 0.5) is 4.39 Å². The van der Waals surface area contributed by atoms with Crippen LogP contribution in [0.2, 0.25) is 0 Å². The maximum atomic E-state index is 12.9. The second kappa shape index (κ2) is 7.90. The molecule has 0 fully saturated rings. The Bertz CT molecular complexity index is 1110. The largest absolute Gasteiger partial charge is 0.348 e. The van der Waals surface area contributed by atoms with E-state index in [-0.39, 0.29) is 27.8 Å². The Labute approximate surface area is 163 Å². The minimum atomic E-state index is -3.76. The lowest BCUT2D eigenvalue weighted by Crippen LogP contribution is -2.23. The van der Waals surface area contributed by atoms with Gasteiger partial charge in [0, 0.05) is 12.7 Å². The number of nitrogens with one attached hydrogen (secondary N) is 1. The Kier molecular flexibility index (Phi) is 5.56. The third-order valence-electron chi connectivity index (χ3n) is 4.43. The number of aryl methyl sites for hydroxylation is 2. The predicted molar refractivity (Wildman–Crippen MR) is 103 cm³/mol. The van der Waals surface area contributed by atoms with Crippen molar-refractivity contribution in [2.75, 3.05) is 0 Å². The molecule has 1 aromatic heterocycles. The Hall–Kier alpha value is -3.06. The Morgan fingerprint density at radius 3 is 2.32 bits per heavy atom. The zero-order valence-electron chi connectivity index (χ0n) is 15.4. The fourth-order valence-corrected chi connectivity index (χ4v) is 3.82. The van der Waals surface area contributed by atoms with E-state index in [0.717, 1.165) is 16.7 Å². The second-order valence-electron chi connectivity index (χ2n) is 6.44. The molecular weight excluding hydrogens is 379 g/mol. The first-order chi connectivity index (χ1) is 13.3. The maximum Gasteiger partial charge on any atom is 0.253 e. The van der Waals surface area contributed by atoms with Gasteiger partial charge in [-0.3, -0.25) is 4.79 Å². The number of amides is 1. The molecule has 0 aliphatic heterocycles. The Morgan fingerprint density at radius 1 is 1.00 bits per heavy atom. The molecule has 0 aliphatic rings. The summed E-state index contributed by atoms with van der Waals surface area (Å²) in [6.07, 6.45) is 1.23. The third kappa shape index (κ3) is 4.26. The predicted octanol–water partition coefficient (Wildman–Crippen LogP) is 3.60. The summed E-state index contributed by atoms with van der Waals surface area (Å²) >= 11 is 0. The topological polar surface area (TPSA) is 76.1 Å². The van der Waals surface area contributed by atoms with E-state index >= 15 is 0 Å². The van der Waals surface area contributed by atoms with Crippen molar-refractivity contribution in [2.24, 2.45) is 0 Å². The van der Waals surface area contributed by atoms with E-state index in [1.54, 1.807) is 30.3 Å². The van der Waals surface area contributed by atoms with E-state index in [9.17, 15) is 17.6 Å². The van der Waals surface area contributed by atoms with Crippen LogP contribution in [0.5, 0.6) is 0 Å². The number of carbonyl (C=O) groups is 1. The van der Waals surface area contributed by atoms with Gasteiger partial charge in [-0.05, 0) is 66.9 Å². The van der Waals surface area contributed by atoms with Crippen LogP contribution in [-0.2, 0) is 16.4 Å². The zero-order valence-corrected chi connectivity index (χ0v) is 16.3. The van der Waals surface area contributed by atoms with Crippen LogP contribution in [-0.4, -0.2) is 19.3 Å². The Morgan fingerprint density at radius 2 is 1.71 bits per heavy atom. The van der Waals surface area contributed by atoms with Crippen molar-refractivity contribution >= 4 is 15.7 Å². The number of benzene rings is 2. The van der Waals surface area contributed by atoms with Crippen LogP contribution < -0.4 is 5.32 Å². The molecule has 1 heterocycles. The highest BCUT2D eigenvalue weighted by Gasteiger charge is 2.20. The van der Waals surface area contributed by atoms with Gasteiger partial charge in [0.05, 0.1) is 10.5 Å². The number of aromatic nitrogens is 1. The standard InChI is InChI=1S/C21H19FN2O3S/c1-14-3-9-19(11-15(14)2)28(26,27)20-10-6-17(13-23-20)21(25)24-12-16-4-7-18(22)8-5-16/h3-11,13H,12H2,1-2H3,(H,24,25). The average molecular weight is 398 g/mol. The highest BCUT2D eigenvalue weighted by Crippen LogP contribution is 2.21. The van der Waals surface area contributed by atoms with Crippen LogP contribution in [0.1, 0.15) is 27.0 Å². The summed E-state index contributed by atoms with van der Waals surface area (Å²) in [5.41, 5.74) is 2.86. The number of hydrogen-bond donors (Lipinski definition) is 1. The molecule has 144 valence electrons. The van der Waals surface area contributed by atoms with Gasteiger partial charge in [0.15, 0.2) is 5.03 Å². The van der Waals surface area contributed by atoms with E-state index in [1.165, 1.54) is 30.5 Å². The lowest BCUT2D eigenvalue weighted by molar-refractivity contribution is 0.0950. The smallest absolute Gasteiger partial charge is 0.253 e. The summed E-state index contributed by atoms with van der Waals surface area (Å²) in [5, 5.41) is 2.57. The lowest BCUT2D eigenvalue weighted by Gasteiger charge is -2.08. The first-order valence-corrected chi connectivity index (χ1v) is 10.1. The van der Waals surface area contributed by atoms with E-state index in [4.69, 9.17) is 0 Å². The number of halogens is 1. The fraction of sp³-hybridized carbons (Fsp3) is 0.143. The second-order valence-corrected chi connectivity index (χ2v) is 8.34. The molecule has 0 saturated carbocycles. The summed E-state index contributed by atoms with van der Waals surface area (Å²) in [5.74, 6) is -0.744. The van der Waals surface area contributed by atoms with Crippen LogP contribution in [0, 0.1) is 19.7 Å². The Balaban J connectivity index is 1.74. The molecule has 3 rings (SSSR count). The van der Waals surface area contributed by atoms with E-state index in [0.29, 0.717) is 0 Å². The van der Waals surface area contributed by atoms with Crippen LogP contribution in [0.3, 0.4) is 0 Å². The first kappa shape index (κ1) is 19.7. The monoisotopic (exact) mass is 398 g/mol. The molecule has 28 heavy (non-hydrogen) atoms. The van der Waals surface area contributed by atoms with Gasteiger partial charge in [-0.15, -0.1) is 0 Å². The van der Waals surface area contributed by atoms with Gasteiger partial charge in [0.2, 0.25) is 9.84 Å². The normalized spacial score (nSPS) is 11.2. The van der Waals surface area contributed by atoms with Crippen molar-refractivity contribution in [1.82, 2.24) is 10.3 Å². The van der Waals surface area contributed by atoms with Crippen LogP contribution in [0.15, 0.2) is 70.7 Å². The van der Waals surface area contributed by atoms with Crippen LogP contribution in [0.25, 0.3) is 0 Å². The third-order valence-corrected chi connectivity index (χ3v) is 6.10. The molecule has 0 aliphatic carbocycles. The summed E-state index contributed by atoms with van der Waals surface area (Å²) < 4.78 is 38.4. The quantitative estimate of drug-likeness (QED) is 0.712. The maximum absolute atomic E-state index is 12.9. The molecule has 2 aromatic carbocycles. The molecule has 0 saturated heterocycles. The molecule has 3 aromatic rings. The molecule has 1 amide bonds. The van der Waals surface area contributed by atoms with Crippen molar-refractivity contribution in [3.63, 3.8) is 0 Å². The molecule has 0 atom stereocenters. The SMILES string of the molecule is Cc1ccc(S(=O)(=O)c2ccc(C(=O)NCc3ccc(F)cc3)cn2)cc1C. The van der Waals surface area contributed by atoms with E-state index < -0.39 is 15.7 Å². The summed E-state index contributed by atoms with van der Waals surface area (Å²) in [4.78, 5) is 16.4. The van der Waals surface area contributed by atoms with Crippen molar-refractivity contribution in [2.45, 2.75) is 30.3 Å². The number of pyridine rings is 1. The van der Waals surface area contributed by atoms with Crippen molar-refractivity contribution < 1.29 is 17.6 Å². The van der Waals surface area contributed by atoms with Gasteiger partial charge in [-0.1, -0.05) is 18.2 Å². The van der Waals surface area contributed by atoms with Gasteiger partial charge < -0.3 is 5.32 Å². The number of hydrogen-bond acceptors (Lipinski definition) is 4. The molecule has 0 radical (unpaired) electrons. The molecule has 7 heteroatoms. The van der Waals surface area contributed by atoms with Gasteiger partial charge in [-0.2, -0.15) is 0 Å². The highest BCUT2D eigenvalue weighted by molar-refractivity contribution is 7.91. The van der Waals surface area contributed by atoms with Gasteiger partial charge in [0.25, 0.3) is 5.91 Å². The zero-order chi connectivity index (χ0) is 20.3. The molecule has 0 bridgehead atoms.